The number of hydrogen-bond donors (Lipinski definition) is 2. The molecule has 2 saturated heterocycles. The van der Waals surface area contributed by atoms with Crippen LogP contribution in [0.15, 0.2) is 41.1 Å². The smallest absolute Gasteiger partial charge is 0.414 e. The van der Waals surface area contributed by atoms with Crippen LogP contribution in [-0.2, 0) is 19.1 Å². The zero-order valence-electron chi connectivity index (χ0n) is 19.8. The SMILES string of the molecule is CCOC(=O)CN1CCN(CC2CN(c3ccc(C(=N)NC(=O)c4ccsc4)cc3)C(=O)O2)CC1=O. The van der Waals surface area contributed by atoms with Gasteiger partial charge in [-0.05, 0) is 42.6 Å². The van der Waals surface area contributed by atoms with Crippen molar-refractivity contribution in [1.82, 2.24) is 15.1 Å². The third-order valence-electron chi connectivity index (χ3n) is 5.85. The lowest BCUT2D eigenvalue weighted by molar-refractivity contribution is -0.151. The topological polar surface area (TPSA) is 132 Å². The van der Waals surface area contributed by atoms with E-state index in [-0.39, 0.29) is 37.3 Å². The maximum atomic E-state index is 12.5. The van der Waals surface area contributed by atoms with Crippen molar-refractivity contribution in [3.05, 3.63) is 52.2 Å². The number of carbonyl (C=O) groups is 4. The average Bonchev–Trinajstić information content (AvgIpc) is 3.51. The van der Waals surface area contributed by atoms with E-state index >= 15 is 0 Å². The highest BCUT2D eigenvalue weighted by molar-refractivity contribution is 7.08. The van der Waals surface area contributed by atoms with Gasteiger partial charge in [0.05, 0.1) is 25.3 Å². The minimum atomic E-state index is -0.485. The molecule has 0 saturated carbocycles. The molecule has 0 bridgehead atoms. The van der Waals surface area contributed by atoms with Crippen LogP contribution in [0.1, 0.15) is 22.8 Å². The number of ether oxygens (including phenoxy) is 2. The normalized spacial score (nSPS) is 18.2. The van der Waals surface area contributed by atoms with Crippen molar-refractivity contribution in [2.24, 2.45) is 0 Å². The number of rotatable bonds is 8. The molecule has 4 rings (SSSR count). The summed E-state index contributed by atoms with van der Waals surface area (Å²) in [4.78, 5) is 53.6. The Labute approximate surface area is 212 Å². The Morgan fingerprint density at radius 3 is 2.61 bits per heavy atom. The Balaban J connectivity index is 1.28. The molecule has 1 aromatic carbocycles. The fourth-order valence-corrected chi connectivity index (χ4v) is 4.65. The third kappa shape index (κ3) is 6.07. The molecule has 2 aliphatic rings. The van der Waals surface area contributed by atoms with Gasteiger partial charge in [-0.1, -0.05) is 0 Å². The van der Waals surface area contributed by atoms with E-state index in [9.17, 15) is 19.2 Å². The minimum absolute atomic E-state index is 0.0357. The maximum Gasteiger partial charge on any atom is 0.414 e. The third-order valence-corrected chi connectivity index (χ3v) is 6.53. The Morgan fingerprint density at radius 2 is 1.94 bits per heavy atom. The number of carbonyl (C=O) groups excluding carboxylic acids is 4. The summed E-state index contributed by atoms with van der Waals surface area (Å²) < 4.78 is 10.4. The zero-order chi connectivity index (χ0) is 25.7. The van der Waals surface area contributed by atoms with Gasteiger partial charge < -0.3 is 19.7 Å². The highest BCUT2D eigenvalue weighted by Crippen LogP contribution is 2.23. The highest BCUT2D eigenvalue weighted by Gasteiger charge is 2.35. The van der Waals surface area contributed by atoms with E-state index < -0.39 is 18.2 Å². The van der Waals surface area contributed by atoms with Crippen LogP contribution in [0.2, 0.25) is 0 Å². The summed E-state index contributed by atoms with van der Waals surface area (Å²) in [5, 5.41) is 14.2. The summed E-state index contributed by atoms with van der Waals surface area (Å²) >= 11 is 1.40. The molecule has 3 heterocycles. The molecular formula is C24H27N5O6S. The van der Waals surface area contributed by atoms with Crippen molar-refractivity contribution in [1.29, 1.82) is 5.41 Å². The van der Waals surface area contributed by atoms with Crippen LogP contribution in [0, 0.1) is 5.41 Å². The van der Waals surface area contributed by atoms with Gasteiger partial charge >= 0.3 is 12.1 Å². The van der Waals surface area contributed by atoms with Gasteiger partial charge in [0, 0.05) is 36.3 Å². The molecule has 0 spiro atoms. The Bertz CT molecular complexity index is 1140. The second kappa shape index (κ2) is 11.3. The number of nitrogens with zero attached hydrogens (tertiary/aromatic N) is 3. The standard InChI is InChI=1S/C24H27N5O6S/c1-2-34-21(31)14-28-9-8-27(13-20(28)30)11-19-12-29(24(33)35-19)18-5-3-16(4-6-18)22(25)26-23(32)17-7-10-36-15-17/h3-7,10,15,19H,2,8-9,11-14H2,1H3,(H2,25,26,32). The Hall–Kier alpha value is -3.77. The van der Waals surface area contributed by atoms with Gasteiger partial charge in [0.1, 0.15) is 18.5 Å². The molecule has 2 fully saturated rings. The average molecular weight is 514 g/mol. The van der Waals surface area contributed by atoms with Crippen molar-refractivity contribution < 1.29 is 28.7 Å². The van der Waals surface area contributed by atoms with Crippen molar-refractivity contribution in [3.8, 4) is 0 Å². The molecule has 12 heteroatoms. The largest absolute Gasteiger partial charge is 0.465 e. The predicted octanol–water partition coefficient (Wildman–Crippen LogP) is 1.54. The number of cyclic esters (lactones) is 1. The van der Waals surface area contributed by atoms with Crippen molar-refractivity contribution in [2.45, 2.75) is 13.0 Å². The van der Waals surface area contributed by atoms with Gasteiger partial charge in [-0.2, -0.15) is 11.3 Å². The number of piperazine rings is 1. The molecule has 2 aliphatic heterocycles. The first-order valence-corrected chi connectivity index (χ1v) is 12.4. The summed E-state index contributed by atoms with van der Waals surface area (Å²) in [5.41, 5.74) is 1.61. The van der Waals surface area contributed by atoms with Crippen molar-refractivity contribution in [3.63, 3.8) is 0 Å². The van der Waals surface area contributed by atoms with E-state index in [1.165, 1.54) is 21.1 Å². The molecule has 0 aliphatic carbocycles. The van der Waals surface area contributed by atoms with E-state index in [2.05, 4.69) is 5.32 Å². The van der Waals surface area contributed by atoms with E-state index in [4.69, 9.17) is 14.9 Å². The van der Waals surface area contributed by atoms with E-state index in [0.717, 1.165) is 0 Å². The van der Waals surface area contributed by atoms with Crippen LogP contribution in [-0.4, -0.2) is 91.5 Å². The summed E-state index contributed by atoms with van der Waals surface area (Å²) in [6, 6.07) is 8.40. The van der Waals surface area contributed by atoms with E-state index in [0.29, 0.717) is 43.0 Å². The number of hydrogen-bond acceptors (Lipinski definition) is 9. The van der Waals surface area contributed by atoms with E-state index in [1.807, 2.05) is 4.90 Å². The zero-order valence-corrected chi connectivity index (χ0v) is 20.6. The fourth-order valence-electron chi connectivity index (χ4n) is 4.02. The lowest BCUT2D eigenvalue weighted by Crippen LogP contribution is -2.53. The second-order valence-electron chi connectivity index (χ2n) is 8.36. The van der Waals surface area contributed by atoms with Gasteiger partial charge in [0.25, 0.3) is 5.91 Å². The van der Waals surface area contributed by atoms with Gasteiger partial charge in [-0.25, -0.2) is 4.79 Å². The summed E-state index contributed by atoms with van der Waals surface area (Å²) in [7, 11) is 0. The van der Waals surface area contributed by atoms with Gasteiger partial charge in [0.2, 0.25) is 5.91 Å². The van der Waals surface area contributed by atoms with Gasteiger partial charge in [-0.15, -0.1) is 0 Å². The number of benzene rings is 1. The molecule has 11 nitrogen and oxygen atoms in total. The molecule has 190 valence electrons. The minimum Gasteiger partial charge on any atom is -0.465 e. The lowest BCUT2D eigenvalue weighted by atomic mass is 10.1. The van der Waals surface area contributed by atoms with Crippen LogP contribution in [0.25, 0.3) is 0 Å². The van der Waals surface area contributed by atoms with Crippen molar-refractivity contribution >= 4 is 46.7 Å². The quantitative estimate of drug-likeness (QED) is 0.311. The number of amides is 3. The van der Waals surface area contributed by atoms with E-state index in [1.54, 1.807) is 48.0 Å². The lowest BCUT2D eigenvalue weighted by Gasteiger charge is -2.34. The second-order valence-corrected chi connectivity index (χ2v) is 9.14. The molecule has 2 N–H and O–H groups in total. The Morgan fingerprint density at radius 1 is 1.17 bits per heavy atom. The molecule has 3 amide bonds. The maximum absolute atomic E-state index is 12.5. The van der Waals surface area contributed by atoms with Crippen LogP contribution in [0.4, 0.5) is 10.5 Å². The number of nitrogens with one attached hydrogen (secondary N) is 2. The number of amidine groups is 1. The van der Waals surface area contributed by atoms with Crippen LogP contribution < -0.4 is 10.2 Å². The van der Waals surface area contributed by atoms with Gasteiger partial charge in [0.15, 0.2) is 0 Å². The van der Waals surface area contributed by atoms with Crippen LogP contribution >= 0.6 is 11.3 Å². The first-order valence-electron chi connectivity index (χ1n) is 11.5. The molecule has 1 atom stereocenters. The van der Waals surface area contributed by atoms with Crippen LogP contribution in [0.3, 0.4) is 0 Å². The molecule has 0 radical (unpaired) electrons. The number of esters is 1. The summed E-state index contributed by atoms with van der Waals surface area (Å²) in [6.45, 7) is 3.76. The van der Waals surface area contributed by atoms with Crippen molar-refractivity contribution in [2.75, 3.05) is 50.8 Å². The molecule has 2 aromatic rings. The molecule has 1 unspecified atom stereocenters. The monoisotopic (exact) mass is 513 g/mol. The summed E-state index contributed by atoms with van der Waals surface area (Å²) in [6.07, 6.45) is -0.898. The number of thiophene rings is 1. The van der Waals surface area contributed by atoms with Gasteiger partial charge in [-0.3, -0.25) is 29.6 Å². The molecule has 1 aromatic heterocycles. The molecular weight excluding hydrogens is 486 g/mol. The number of anilines is 1. The summed E-state index contributed by atoms with van der Waals surface area (Å²) in [5.74, 6) is -0.979. The molecule has 36 heavy (non-hydrogen) atoms. The predicted molar refractivity (Wildman–Crippen MR) is 132 cm³/mol. The van der Waals surface area contributed by atoms with Crippen LogP contribution in [0.5, 0.6) is 0 Å². The highest BCUT2D eigenvalue weighted by atomic mass is 32.1. The Kier molecular flexibility index (Phi) is 7.96. The first-order chi connectivity index (χ1) is 17.3. The fraction of sp³-hybridized carbons (Fsp3) is 0.375. The first kappa shape index (κ1) is 25.3.